The smallest absolute Gasteiger partial charge is 0.241 e. The highest BCUT2D eigenvalue weighted by atomic mass is 32.2. The van der Waals surface area contributed by atoms with Crippen molar-refractivity contribution in [2.24, 2.45) is 0 Å². The molecule has 2 amide bonds. The lowest BCUT2D eigenvalue weighted by atomic mass is 10.1. The minimum atomic E-state index is -4.21. The summed E-state index contributed by atoms with van der Waals surface area (Å²) in [6.07, 6.45) is 0.133. The zero-order chi connectivity index (χ0) is 41.5. The highest BCUT2D eigenvalue weighted by molar-refractivity contribution is 7.90. The van der Waals surface area contributed by atoms with Crippen LogP contribution in [0, 0.1) is 0 Å². The van der Waals surface area contributed by atoms with Crippen LogP contribution in [0.4, 0.5) is 11.4 Å². The SMILES string of the molecule is CN(C)c1cccc2c(S(=O)(=O)N[C@@H](Cc3ccccc3)C(=O)NCCNC(=O)[C@H](Cc3ccccc3)NS(=O)(=O)c3cccc4c(N(C)C)cccc34)cccc12. The first-order chi connectivity index (χ1) is 27.7. The number of hydrogen-bond acceptors (Lipinski definition) is 8. The van der Waals surface area contributed by atoms with Crippen molar-refractivity contribution in [3.8, 4) is 0 Å². The molecule has 14 heteroatoms. The molecule has 0 aliphatic heterocycles. The number of amides is 2. The third-order valence-corrected chi connectivity index (χ3v) is 12.8. The van der Waals surface area contributed by atoms with Crippen molar-refractivity contribution in [3.05, 3.63) is 145 Å². The fourth-order valence-corrected chi connectivity index (χ4v) is 9.81. The number of nitrogens with one attached hydrogen (secondary N) is 4. The molecular formula is C44H48N6O6S2. The summed E-state index contributed by atoms with van der Waals surface area (Å²) in [5.41, 5.74) is 3.18. The predicted molar refractivity (Wildman–Crippen MR) is 231 cm³/mol. The molecular weight excluding hydrogens is 773 g/mol. The van der Waals surface area contributed by atoms with Crippen molar-refractivity contribution in [2.75, 3.05) is 51.1 Å². The van der Waals surface area contributed by atoms with Crippen LogP contribution < -0.4 is 29.9 Å². The van der Waals surface area contributed by atoms with E-state index in [1.165, 1.54) is 12.1 Å². The molecule has 0 spiro atoms. The van der Waals surface area contributed by atoms with Gasteiger partial charge in [-0.05, 0) is 48.2 Å². The summed E-state index contributed by atoms with van der Waals surface area (Å²) in [4.78, 5) is 31.4. The molecule has 0 aromatic heterocycles. The minimum Gasteiger partial charge on any atom is -0.377 e. The van der Waals surface area contributed by atoms with Gasteiger partial charge in [0, 0.05) is 74.2 Å². The van der Waals surface area contributed by atoms with E-state index in [1.54, 1.807) is 36.4 Å². The van der Waals surface area contributed by atoms with Gasteiger partial charge in [0.05, 0.1) is 9.79 Å². The number of hydrogen-bond donors (Lipinski definition) is 4. The number of anilines is 2. The molecule has 0 unspecified atom stereocenters. The molecule has 58 heavy (non-hydrogen) atoms. The first kappa shape index (κ1) is 41.8. The summed E-state index contributed by atoms with van der Waals surface area (Å²) >= 11 is 0. The Balaban J connectivity index is 1.18. The van der Waals surface area contributed by atoms with Gasteiger partial charge in [0.15, 0.2) is 0 Å². The Bertz CT molecular complexity index is 2440. The molecule has 6 aromatic carbocycles. The van der Waals surface area contributed by atoms with Crippen LogP contribution >= 0.6 is 0 Å². The summed E-state index contributed by atoms with van der Waals surface area (Å²) in [5.74, 6) is -1.18. The van der Waals surface area contributed by atoms with Gasteiger partial charge in [0.2, 0.25) is 31.9 Å². The fourth-order valence-electron chi connectivity index (χ4n) is 6.97. The number of nitrogens with zero attached hydrogens (tertiary/aromatic N) is 2. The first-order valence-corrected chi connectivity index (χ1v) is 21.8. The van der Waals surface area contributed by atoms with Gasteiger partial charge >= 0.3 is 0 Å². The number of carbonyl (C=O) groups is 2. The van der Waals surface area contributed by atoms with Crippen molar-refractivity contribution < 1.29 is 26.4 Å². The second kappa shape index (κ2) is 18.2. The Labute approximate surface area is 340 Å². The molecule has 12 nitrogen and oxygen atoms in total. The molecule has 4 N–H and O–H groups in total. The summed E-state index contributed by atoms with van der Waals surface area (Å²) in [5, 5.41) is 8.05. The second-order valence-electron chi connectivity index (χ2n) is 14.4. The summed E-state index contributed by atoms with van der Waals surface area (Å²) in [6, 6.07) is 36.7. The third kappa shape index (κ3) is 9.83. The van der Waals surface area contributed by atoms with Gasteiger partial charge in [-0.1, -0.05) is 109 Å². The van der Waals surface area contributed by atoms with Crippen molar-refractivity contribution in [3.63, 3.8) is 0 Å². The molecule has 0 aliphatic carbocycles. The number of sulfonamides is 2. The Morgan fingerprint density at radius 1 is 0.466 bits per heavy atom. The van der Waals surface area contributed by atoms with Crippen molar-refractivity contribution >= 4 is 64.8 Å². The van der Waals surface area contributed by atoms with Gasteiger partial charge in [0.1, 0.15) is 12.1 Å². The topological polar surface area (TPSA) is 157 Å². The van der Waals surface area contributed by atoms with Gasteiger partial charge in [-0.2, -0.15) is 9.44 Å². The van der Waals surface area contributed by atoms with E-state index in [-0.39, 0.29) is 35.7 Å². The standard InChI is InChI=1S/C44H48N6O6S2/c1-49(2)39-23-11-21-35-33(39)19-13-25-41(35)57(53,54)47-37(29-31-15-7-5-8-16-31)43(51)45-27-28-46-44(52)38(30-32-17-9-6-10-18-32)48-58(55,56)42-26-14-20-34-36(42)22-12-24-40(34)50(3)4/h5-26,37-38,47-48H,27-30H2,1-4H3,(H,45,51)(H,46,52)/t37-,38-/m0/s1. The maximum Gasteiger partial charge on any atom is 0.241 e. The maximum atomic E-state index is 14.0. The van der Waals surface area contributed by atoms with Gasteiger partial charge in [-0.15, -0.1) is 0 Å². The largest absolute Gasteiger partial charge is 0.377 e. The molecule has 6 aromatic rings. The fraction of sp³-hybridized carbons (Fsp3) is 0.227. The van der Waals surface area contributed by atoms with E-state index < -0.39 is 43.9 Å². The Morgan fingerprint density at radius 3 is 1.17 bits per heavy atom. The van der Waals surface area contributed by atoms with E-state index >= 15 is 0 Å². The monoisotopic (exact) mass is 820 g/mol. The van der Waals surface area contributed by atoms with E-state index in [0.29, 0.717) is 10.8 Å². The van der Waals surface area contributed by atoms with E-state index in [2.05, 4.69) is 20.1 Å². The molecule has 0 radical (unpaired) electrons. The minimum absolute atomic E-state index is 0.0420. The molecule has 0 bridgehead atoms. The Hall–Kier alpha value is -5.80. The summed E-state index contributed by atoms with van der Waals surface area (Å²) < 4.78 is 61.2. The summed E-state index contributed by atoms with van der Waals surface area (Å²) in [7, 11) is -0.890. The first-order valence-electron chi connectivity index (χ1n) is 18.8. The number of benzene rings is 6. The van der Waals surface area contributed by atoms with Crippen molar-refractivity contribution in [2.45, 2.75) is 34.7 Å². The molecule has 0 aliphatic rings. The van der Waals surface area contributed by atoms with Crippen molar-refractivity contribution in [1.82, 2.24) is 20.1 Å². The average Bonchev–Trinajstić information content (AvgIpc) is 3.21. The van der Waals surface area contributed by atoms with Crippen molar-refractivity contribution in [1.29, 1.82) is 0 Å². The van der Waals surface area contributed by atoms with Gasteiger partial charge in [-0.3, -0.25) is 9.59 Å². The average molecular weight is 821 g/mol. The second-order valence-corrected chi connectivity index (χ2v) is 17.7. The molecule has 0 fully saturated rings. The molecule has 0 saturated carbocycles. The molecule has 2 atom stereocenters. The Morgan fingerprint density at radius 2 is 0.810 bits per heavy atom. The number of carbonyl (C=O) groups excluding carboxylic acids is 2. The highest BCUT2D eigenvalue weighted by Crippen LogP contribution is 2.32. The molecule has 6 rings (SSSR count). The van der Waals surface area contributed by atoms with Crippen LogP contribution in [-0.4, -0.2) is 82.0 Å². The summed E-state index contributed by atoms with van der Waals surface area (Å²) in [6.45, 7) is -0.112. The van der Waals surface area contributed by atoms with Crippen LogP contribution in [0.3, 0.4) is 0 Å². The van der Waals surface area contributed by atoms with E-state index in [9.17, 15) is 26.4 Å². The maximum absolute atomic E-state index is 14.0. The lowest BCUT2D eigenvalue weighted by molar-refractivity contribution is -0.124. The van der Waals surface area contributed by atoms with Crippen LogP contribution in [-0.2, 0) is 42.5 Å². The van der Waals surface area contributed by atoms with E-state index in [1.807, 2.05) is 123 Å². The zero-order valence-corrected chi connectivity index (χ0v) is 34.5. The van der Waals surface area contributed by atoms with Crippen LogP contribution in [0.1, 0.15) is 11.1 Å². The van der Waals surface area contributed by atoms with Crippen LogP contribution in [0.25, 0.3) is 21.5 Å². The lowest BCUT2D eigenvalue weighted by Gasteiger charge is -2.22. The van der Waals surface area contributed by atoms with Gasteiger partial charge in [0.25, 0.3) is 0 Å². The number of rotatable bonds is 17. The normalized spacial score (nSPS) is 12.8. The van der Waals surface area contributed by atoms with E-state index in [4.69, 9.17) is 0 Å². The molecule has 302 valence electrons. The zero-order valence-electron chi connectivity index (χ0n) is 32.8. The predicted octanol–water partition coefficient (Wildman–Crippen LogP) is 4.84. The van der Waals surface area contributed by atoms with Crippen LogP contribution in [0.2, 0.25) is 0 Å². The van der Waals surface area contributed by atoms with Crippen LogP contribution in [0.15, 0.2) is 143 Å². The Kier molecular flexibility index (Phi) is 13.1. The molecule has 0 heterocycles. The number of fused-ring (bicyclic) bond motifs is 2. The quantitative estimate of drug-likeness (QED) is 0.0954. The highest BCUT2D eigenvalue weighted by Gasteiger charge is 2.29. The van der Waals surface area contributed by atoms with Gasteiger partial charge in [-0.25, -0.2) is 16.8 Å². The third-order valence-electron chi connectivity index (χ3n) is 9.78. The molecule has 0 saturated heterocycles. The van der Waals surface area contributed by atoms with E-state index in [0.717, 1.165) is 33.3 Å². The lowest BCUT2D eigenvalue weighted by Crippen LogP contribution is -2.51. The van der Waals surface area contributed by atoms with Crippen LogP contribution in [0.5, 0.6) is 0 Å². The van der Waals surface area contributed by atoms with Gasteiger partial charge < -0.3 is 20.4 Å².